The molecule has 0 bridgehead atoms. The molecule has 2 aromatic heterocycles. The minimum absolute atomic E-state index is 0.315. The van der Waals surface area contributed by atoms with Crippen LogP contribution >= 0.6 is 11.3 Å². The fourth-order valence-corrected chi connectivity index (χ4v) is 4.75. The summed E-state index contributed by atoms with van der Waals surface area (Å²) in [6.45, 7) is 3.95. The number of benzene rings is 3. The van der Waals surface area contributed by atoms with Gasteiger partial charge in [0.15, 0.2) is 0 Å². The standard InChI is InChI=1S/C27H23N5O2S/c1-15-10-19(17-6-4-7-18(11-17)27-32-31-16(2)35-27)12-22-24(15)29-14-23(26(28)33)25(22)30-20-8-5-9-21(13-20)34-3/h4-14H,1-3H3,(H2,28,33)(H,29,30). The predicted molar refractivity (Wildman–Crippen MR) is 140 cm³/mol. The first-order valence-electron chi connectivity index (χ1n) is 11.0. The summed E-state index contributed by atoms with van der Waals surface area (Å²) in [7, 11) is 1.61. The van der Waals surface area contributed by atoms with Crippen LogP contribution in [0, 0.1) is 13.8 Å². The van der Waals surface area contributed by atoms with Crippen molar-refractivity contribution in [3.05, 3.63) is 83.0 Å². The molecule has 2 heterocycles. The van der Waals surface area contributed by atoms with E-state index in [0.29, 0.717) is 17.0 Å². The lowest BCUT2D eigenvalue weighted by Gasteiger charge is -2.16. The average molecular weight is 482 g/mol. The van der Waals surface area contributed by atoms with Gasteiger partial charge in [-0.1, -0.05) is 35.6 Å². The molecule has 0 saturated carbocycles. The van der Waals surface area contributed by atoms with E-state index in [2.05, 4.69) is 38.7 Å². The molecule has 0 radical (unpaired) electrons. The molecule has 0 unspecified atom stereocenters. The maximum atomic E-state index is 12.3. The Labute approximate surface area is 206 Å². The van der Waals surface area contributed by atoms with Crippen LogP contribution in [0.4, 0.5) is 11.4 Å². The van der Waals surface area contributed by atoms with Gasteiger partial charge in [0, 0.05) is 28.9 Å². The van der Waals surface area contributed by atoms with E-state index in [4.69, 9.17) is 10.5 Å². The second kappa shape index (κ2) is 9.15. The van der Waals surface area contributed by atoms with E-state index in [-0.39, 0.29) is 0 Å². The third-order valence-corrected chi connectivity index (χ3v) is 6.62. The largest absolute Gasteiger partial charge is 0.497 e. The Morgan fingerprint density at radius 2 is 1.77 bits per heavy atom. The summed E-state index contributed by atoms with van der Waals surface area (Å²) in [5, 5.41) is 14.4. The van der Waals surface area contributed by atoms with Crippen molar-refractivity contribution in [1.82, 2.24) is 15.2 Å². The highest BCUT2D eigenvalue weighted by atomic mass is 32.1. The zero-order valence-corrected chi connectivity index (χ0v) is 20.3. The van der Waals surface area contributed by atoms with Gasteiger partial charge in [-0.15, -0.1) is 10.2 Å². The van der Waals surface area contributed by atoms with E-state index in [1.165, 1.54) is 6.20 Å². The Morgan fingerprint density at radius 3 is 2.51 bits per heavy atom. The molecule has 3 aromatic carbocycles. The molecule has 0 aliphatic heterocycles. The number of nitrogens with zero attached hydrogens (tertiary/aromatic N) is 3. The van der Waals surface area contributed by atoms with Gasteiger partial charge in [-0.05, 0) is 60.9 Å². The number of anilines is 2. The second-order valence-electron chi connectivity index (χ2n) is 8.16. The maximum Gasteiger partial charge on any atom is 0.252 e. The van der Waals surface area contributed by atoms with Gasteiger partial charge >= 0.3 is 0 Å². The lowest BCUT2D eigenvalue weighted by Crippen LogP contribution is -2.14. The number of fused-ring (bicyclic) bond motifs is 1. The van der Waals surface area contributed by atoms with Crippen LogP contribution < -0.4 is 15.8 Å². The Kier molecular flexibility index (Phi) is 5.88. The SMILES string of the molecule is COc1cccc(Nc2c(C(N)=O)cnc3c(C)cc(-c4cccc(-c5nnc(C)s5)c4)cc23)c1. The van der Waals surface area contributed by atoms with Gasteiger partial charge in [-0.3, -0.25) is 9.78 Å². The summed E-state index contributed by atoms with van der Waals surface area (Å²) in [5.74, 6) is 0.149. The second-order valence-corrected chi connectivity index (χ2v) is 9.35. The topological polar surface area (TPSA) is 103 Å². The molecule has 1 amide bonds. The predicted octanol–water partition coefficient (Wildman–Crippen LogP) is 5.89. The van der Waals surface area contributed by atoms with E-state index in [9.17, 15) is 4.79 Å². The number of carbonyl (C=O) groups is 1. The molecule has 0 atom stereocenters. The van der Waals surface area contributed by atoms with Gasteiger partial charge in [-0.2, -0.15) is 0 Å². The monoisotopic (exact) mass is 481 g/mol. The number of hydrogen-bond acceptors (Lipinski definition) is 7. The summed E-state index contributed by atoms with van der Waals surface area (Å²) >= 11 is 1.56. The summed E-state index contributed by atoms with van der Waals surface area (Å²) in [5.41, 5.74) is 12.2. The molecule has 0 spiro atoms. The van der Waals surface area contributed by atoms with Crippen molar-refractivity contribution >= 4 is 39.5 Å². The summed E-state index contributed by atoms with van der Waals surface area (Å²) in [6, 6.07) is 19.8. The van der Waals surface area contributed by atoms with Crippen molar-refractivity contribution in [3.63, 3.8) is 0 Å². The minimum Gasteiger partial charge on any atom is -0.497 e. The van der Waals surface area contributed by atoms with Gasteiger partial charge in [0.25, 0.3) is 5.91 Å². The van der Waals surface area contributed by atoms with E-state index in [1.54, 1.807) is 18.4 Å². The Bertz CT molecular complexity index is 1580. The molecule has 5 aromatic rings. The number of carbonyl (C=O) groups excluding carboxylic acids is 1. The molecule has 3 N–H and O–H groups in total. The first kappa shape index (κ1) is 22.5. The molecule has 0 aliphatic carbocycles. The molecule has 0 saturated heterocycles. The van der Waals surface area contributed by atoms with Crippen LogP contribution in [0.3, 0.4) is 0 Å². The summed E-state index contributed by atoms with van der Waals surface area (Å²) in [6.07, 6.45) is 1.53. The number of aryl methyl sites for hydroxylation is 2. The van der Waals surface area contributed by atoms with Crippen LogP contribution in [0.2, 0.25) is 0 Å². The van der Waals surface area contributed by atoms with Crippen LogP contribution in [0.1, 0.15) is 20.9 Å². The first-order chi connectivity index (χ1) is 16.9. The van der Waals surface area contributed by atoms with Gasteiger partial charge in [0.05, 0.1) is 23.9 Å². The van der Waals surface area contributed by atoms with Crippen LogP contribution in [-0.4, -0.2) is 28.2 Å². The zero-order chi connectivity index (χ0) is 24.5. The van der Waals surface area contributed by atoms with Crippen molar-refractivity contribution in [3.8, 4) is 27.4 Å². The van der Waals surface area contributed by atoms with Gasteiger partial charge in [0.2, 0.25) is 0 Å². The fourth-order valence-electron chi connectivity index (χ4n) is 4.06. The maximum absolute atomic E-state index is 12.3. The number of pyridine rings is 1. The molecule has 35 heavy (non-hydrogen) atoms. The van der Waals surface area contributed by atoms with Crippen molar-refractivity contribution in [2.24, 2.45) is 5.73 Å². The quantitative estimate of drug-likeness (QED) is 0.314. The highest BCUT2D eigenvalue weighted by molar-refractivity contribution is 7.14. The number of nitrogens with one attached hydrogen (secondary N) is 1. The Balaban J connectivity index is 1.68. The molecule has 8 heteroatoms. The number of methoxy groups -OCH3 is 1. The van der Waals surface area contributed by atoms with Gasteiger partial charge < -0.3 is 15.8 Å². The molecule has 5 rings (SSSR count). The number of aromatic nitrogens is 3. The highest BCUT2D eigenvalue weighted by Crippen LogP contribution is 2.36. The van der Waals surface area contributed by atoms with Gasteiger partial charge in [0.1, 0.15) is 15.8 Å². The number of amides is 1. The van der Waals surface area contributed by atoms with Crippen LogP contribution in [-0.2, 0) is 0 Å². The Hall–Kier alpha value is -4.30. The normalized spacial score (nSPS) is 10.9. The van der Waals surface area contributed by atoms with Crippen molar-refractivity contribution in [1.29, 1.82) is 0 Å². The lowest BCUT2D eigenvalue weighted by molar-refractivity contribution is 0.100. The molecule has 0 fully saturated rings. The van der Waals surface area contributed by atoms with E-state index in [0.717, 1.165) is 48.9 Å². The number of rotatable bonds is 6. The van der Waals surface area contributed by atoms with Gasteiger partial charge in [-0.25, -0.2) is 0 Å². The molecule has 7 nitrogen and oxygen atoms in total. The smallest absolute Gasteiger partial charge is 0.252 e. The molecule has 0 aliphatic rings. The summed E-state index contributed by atoms with van der Waals surface area (Å²) < 4.78 is 5.35. The Morgan fingerprint density at radius 1 is 0.971 bits per heavy atom. The van der Waals surface area contributed by atoms with Crippen LogP contribution in [0.5, 0.6) is 5.75 Å². The third kappa shape index (κ3) is 4.43. The number of primary amides is 1. The van der Waals surface area contributed by atoms with Crippen molar-refractivity contribution < 1.29 is 9.53 Å². The molecule has 174 valence electrons. The number of ether oxygens (including phenoxy) is 1. The zero-order valence-electron chi connectivity index (χ0n) is 19.5. The van der Waals surface area contributed by atoms with E-state index < -0.39 is 5.91 Å². The molecular formula is C27H23N5O2S. The lowest BCUT2D eigenvalue weighted by atomic mass is 9.97. The van der Waals surface area contributed by atoms with Crippen molar-refractivity contribution in [2.45, 2.75) is 13.8 Å². The first-order valence-corrected chi connectivity index (χ1v) is 11.8. The fraction of sp³-hybridized carbons (Fsp3) is 0.111. The van der Waals surface area contributed by atoms with Crippen molar-refractivity contribution in [2.75, 3.05) is 12.4 Å². The average Bonchev–Trinajstić information content (AvgIpc) is 3.30. The highest BCUT2D eigenvalue weighted by Gasteiger charge is 2.17. The minimum atomic E-state index is -0.554. The number of nitrogens with two attached hydrogens (primary N) is 1. The van der Waals surface area contributed by atoms with E-state index in [1.807, 2.05) is 56.3 Å². The molecular weight excluding hydrogens is 458 g/mol. The van der Waals surface area contributed by atoms with Crippen LogP contribution in [0.25, 0.3) is 32.6 Å². The van der Waals surface area contributed by atoms with E-state index >= 15 is 0 Å². The third-order valence-electron chi connectivity index (χ3n) is 5.74. The summed E-state index contributed by atoms with van der Waals surface area (Å²) in [4.78, 5) is 16.9. The number of hydrogen-bond donors (Lipinski definition) is 2. The van der Waals surface area contributed by atoms with Crippen LogP contribution in [0.15, 0.2) is 66.9 Å².